The highest BCUT2D eigenvalue weighted by molar-refractivity contribution is 5.75. The summed E-state index contributed by atoms with van der Waals surface area (Å²) in [4.78, 5) is 26.2. The van der Waals surface area contributed by atoms with Gasteiger partial charge in [-0.05, 0) is 77.8 Å². The number of hydrogen-bond acceptors (Lipinski definition) is 8. The maximum absolute atomic E-state index is 12.1. The van der Waals surface area contributed by atoms with E-state index in [4.69, 9.17) is 9.72 Å². The van der Waals surface area contributed by atoms with Gasteiger partial charge >= 0.3 is 6.09 Å². The Labute approximate surface area is 218 Å². The number of amides is 1. The largest absolute Gasteiger partial charge is 0.444 e. The summed E-state index contributed by atoms with van der Waals surface area (Å²) in [6.07, 6.45) is 6.88. The number of likely N-dealkylation sites (N-methyl/N-ethyl adjacent to an activating group) is 1. The van der Waals surface area contributed by atoms with Gasteiger partial charge in [0.15, 0.2) is 5.65 Å². The van der Waals surface area contributed by atoms with E-state index in [0.29, 0.717) is 5.95 Å². The fraction of sp³-hybridized carbons (Fsp3) is 0.556. The number of ether oxygens (including phenoxy) is 1. The van der Waals surface area contributed by atoms with Gasteiger partial charge in [0.05, 0.1) is 17.6 Å². The Morgan fingerprint density at radius 3 is 2.38 bits per heavy atom. The third-order valence-corrected chi connectivity index (χ3v) is 7.09. The first-order valence-electron chi connectivity index (χ1n) is 13.2. The van der Waals surface area contributed by atoms with Crippen LogP contribution in [0.5, 0.6) is 0 Å². The summed E-state index contributed by atoms with van der Waals surface area (Å²) in [6.45, 7) is 9.90. The number of alkyl carbamates (subject to hydrolysis) is 1. The van der Waals surface area contributed by atoms with E-state index < -0.39 is 5.60 Å². The molecule has 2 aliphatic rings. The highest BCUT2D eigenvalue weighted by Crippen LogP contribution is 2.31. The van der Waals surface area contributed by atoms with Crippen LogP contribution < -0.4 is 15.5 Å². The molecule has 0 radical (unpaired) electrons. The van der Waals surface area contributed by atoms with Crippen LogP contribution in [0.25, 0.3) is 11.0 Å². The number of nitrogens with one attached hydrogen (secondary N) is 2. The topological polar surface area (TPSA) is 100 Å². The molecule has 3 heterocycles. The zero-order valence-corrected chi connectivity index (χ0v) is 22.3. The van der Waals surface area contributed by atoms with Crippen molar-refractivity contribution in [3.63, 3.8) is 0 Å². The van der Waals surface area contributed by atoms with Crippen molar-refractivity contribution in [2.45, 2.75) is 64.1 Å². The molecule has 0 unspecified atom stereocenters. The number of piperazine rings is 1. The van der Waals surface area contributed by atoms with Crippen LogP contribution in [-0.2, 0) is 4.74 Å². The van der Waals surface area contributed by atoms with Crippen LogP contribution in [0.15, 0.2) is 36.7 Å². The summed E-state index contributed by atoms with van der Waals surface area (Å²) in [5, 5.41) is 11.9. The smallest absolute Gasteiger partial charge is 0.407 e. The van der Waals surface area contributed by atoms with Crippen LogP contribution in [0, 0.1) is 0 Å². The van der Waals surface area contributed by atoms with Gasteiger partial charge in [-0.1, -0.05) is 0 Å². The van der Waals surface area contributed by atoms with Crippen molar-refractivity contribution in [3.8, 4) is 0 Å². The summed E-state index contributed by atoms with van der Waals surface area (Å²) in [5.74, 6) is 0.557. The lowest BCUT2D eigenvalue weighted by Gasteiger charge is -2.34. The Kier molecular flexibility index (Phi) is 7.19. The van der Waals surface area contributed by atoms with Crippen molar-refractivity contribution in [1.82, 2.24) is 30.0 Å². The molecule has 1 aliphatic carbocycles. The second-order valence-electron chi connectivity index (χ2n) is 11.2. The minimum atomic E-state index is -0.493. The summed E-state index contributed by atoms with van der Waals surface area (Å²) < 4.78 is 7.42. The van der Waals surface area contributed by atoms with E-state index >= 15 is 0 Å². The van der Waals surface area contributed by atoms with Gasteiger partial charge < -0.3 is 25.2 Å². The van der Waals surface area contributed by atoms with E-state index in [0.717, 1.165) is 68.6 Å². The van der Waals surface area contributed by atoms with Crippen LogP contribution in [0.4, 0.5) is 22.1 Å². The zero-order valence-electron chi connectivity index (χ0n) is 22.3. The van der Waals surface area contributed by atoms with Crippen molar-refractivity contribution >= 4 is 34.4 Å². The average Bonchev–Trinajstić information content (AvgIpc) is 3.28. The van der Waals surface area contributed by atoms with Crippen molar-refractivity contribution in [3.05, 3.63) is 36.7 Å². The minimum Gasteiger partial charge on any atom is -0.444 e. The molecule has 2 fully saturated rings. The number of nitrogens with zero attached hydrogens (tertiary/aromatic N) is 6. The zero-order chi connectivity index (χ0) is 26.0. The molecule has 10 heteroatoms. The SMILES string of the molecule is CN1CCN(c2ccc(Nc3ncc4cnn(C5CCC(NC(=O)OC(C)(C)C)CC5)c4n3)cc2)CC1. The molecule has 198 valence electrons. The summed E-state index contributed by atoms with van der Waals surface area (Å²) in [7, 11) is 2.17. The first-order chi connectivity index (χ1) is 17.7. The van der Waals surface area contributed by atoms with E-state index in [1.807, 2.05) is 37.8 Å². The second kappa shape index (κ2) is 10.5. The van der Waals surface area contributed by atoms with E-state index in [1.165, 1.54) is 5.69 Å². The molecule has 0 spiro atoms. The molecule has 1 aliphatic heterocycles. The number of hydrogen-bond donors (Lipinski definition) is 2. The molecule has 1 aromatic carbocycles. The van der Waals surface area contributed by atoms with Gasteiger partial charge in [-0.3, -0.25) is 0 Å². The summed E-state index contributed by atoms with van der Waals surface area (Å²) in [6, 6.07) is 8.82. The Hall–Kier alpha value is -3.40. The van der Waals surface area contributed by atoms with Gasteiger partial charge in [0, 0.05) is 49.8 Å². The molecule has 0 bridgehead atoms. The number of carbonyl (C=O) groups excluding carboxylic acids is 1. The van der Waals surface area contributed by atoms with Gasteiger partial charge in [-0.2, -0.15) is 10.1 Å². The molecule has 10 nitrogen and oxygen atoms in total. The van der Waals surface area contributed by atoms with Gasteiger partial charge in [-0.15, -0.1) is 0 Å². The standard InChI is InChI=1S/C27H38N8O2/c1-27(2,3)37-26(36)31-21-7-11-23(12-8-21)35-24-19(18-29-35)17-28-25(32-24)30-20-5-9-22(10-6-20)34-15-13-33(4)14-16-34/h5-6,9-10,17-18,21,23H,7-8,11-16H2,1-4H3,(H,31,36)(H,28,30,32). The molecule has 1 saturated carbocycles. The molecule has 2 N–H and O–H groups in total. The maximum atomic E-state index is 12.1. The highest BCUT2D eigenvalue weighted by Gasteiger charge is 2.27. The third kappa shape index (κ3) is 6.30. The molecule has 37 heavy (non-hydrogen) atoms. The lowest BCUT2D eigenvalue weighted by molar-refractivity contribution is 0.0487. The van der Waals surface area contributed by atoms with Crippen molar-refractivity contribution in [2.75, 3.05) is 43.4 Å². The van der Waals surface area contributed by atoms with Gasteiger partial charge in [0.25, 0.3) is 0 Å². The number of rotatable bonds is 5. The predicted molar refractivity (Wildman–Crippen MR) is 145 cm³/mol. The molecule has 2 aromatic heterocycles. The fourth-order valence-electron chi connectivity index (χ4n) is 5.05. The predicted octanol–water partition coefficient (Wildman–Crippen LogP) is 4.33. The summed E-state index contributed by atoms with van der Waals surface area (Å²) >= 11 is 0. The molecular formula is C27H38N8O2. The number of carbonyl (C=O) groups is 1. The molecule has 5 rings (SSSR count). The molecule has 0 atom stereocenters. The summed E-state index contributed by atoms with van der Waals surface area (Å²) in [5.41, 5.74) is 2.53. The van der Waals surface area contributed by atoms with E-state index in [9.17, 15) is 4.79 Å². The Bertz CT molecular complexity index is 1200. The average molecular weight is 507 g/mol. The van der Waals surface area contributed by atoms with Gasteiger partial charge in [0.2, 0.25) is 5.95 Å². The van der Waals surface area contributed by atoms with Crippen LogP contribution >= 0.6 is 0 Å². The number of aromatic nitrogens is 4. The van der Waals surface area contributed by atoms with Crippen LogP contribution in [0.3, 0.4) is 0 Å². The minimum absolute atomic E-state index is 0.119. The fourth-order valence-corrected chi connectivity index (χ4v) is 5.05. The molecular weight excluding hydrogens is 468 g/mol. The highest BCUT2D eigenvalue weighted by atomic mass is 16.6. The lowest BCUT2D eigenvalue weighted by Crippen LogP contribution is -2.44. The number of benzene rings is 1. The number of fused-ring (bicyclic) bond motifs is 1. The Morgan fingerprint density at radius 1 is 1.00 bits per heavy atom. The van der Waals surface area contributed by atoms with E-state index in [-0.39, 0.29) is 18.2 Å². The monoisotopic (exact) mass is 506 g/mol. The lowest BCUT2D eigenvalue weighted by atomic mass is 9.91. The maximum Gasteiger partial charge on any atom is 0.407 e. The van der Waals surface area contributed by atoms with Crippen LogP contribution in [0.1, 0.15) is 52.5 Å². The van der Waals surface area contributed by atoms with E-state index in [1.54, 1.807) is 0 Å². The van der Waals surface area contributed by atoms with Crippen molar-refractivity contribution < 1.29 is 9.53 Å². The van der Waals surface area contributed by atoms with Crippen molar-refractivity contribution in [2.24, 2.45) is 0 Å². The quantitative estimate of drug-likeness (QED) is 0.527. The Morgan fingerprint density at radius 2 is 1.70 bits per heavy atom. The number of anilines is 3. The normalized spacial score (nSPS) is 21.1. The molecule has 3 aromatic rings. The Balaban J connectivity index is 1.21. The van der Waals surface area contributed by atoms with Crippen LogP contribution in [-0.4, -0.2) is 75.6 Å². The first-order valence-corrected chi connectivity index (χ1v) is 13.2. The van der Waals surface area contributed by atoms with Gasteiger partial charge in [0.1, 0.15) is 5.60 Å². The van der Waals surface area contributed by atoms with Gasteiger partial charge in [-0.25, -0.2) is 14.5 Å². The first kappa shape index (κ1) is 25.3. The van der Waals surface area contributed by atoms with Crippen molar-refractivity contribution in [1.29, 1.82) is 0 Å². The van der Waals surface area contributed by atoms with E-state index in [2.05, 4.69) is 61.8 Å². The molecule has 1 amide bonds. The molecule has 1 saturated heterocycles. The third-order valence-electron chi connectivity index (χ3n) is 7.09. The second-order valence-corrected chi connectivity index (χ2v) is 11.2. The van der Waals surface area contributed by atoms with Crippen LogP contribution in [0.2, 0.25) is 0 Å².